The molecule has 0 saturated heterocycles. The molecule has 0 aliphatic heterocycles. The van der Waals surface area contributed by atoms with Gasteiger partial charge < -0.3 is 10.1 Å². The number of halogens is 1. The van der Waals surface area contributed by atoms with Gasteiger partial charge in [0.15, 0.2) is 0 Å². The zero-order valence-electron chi connectivity index (χ0n) is 19.4. The van der Waals surface area contributed by atoms with Gasteiger partial charge in [0.2, 0.25) is 11.8 Å². The van der Waals surface area contributed by atoms with Crippen molar-refractivity contribution >= 4 is 23.2 Å². The van der Waals surface area contributed by atoms with Gasteiger partial charge in [-0.15, -0.1) is 0 Å². The molecule has 1 N–H and O–H groups in total. The van der Waals surface area contributed by atoms with Gasteiger partial charge >= 0.3 is 0 Å². The van der Waals surface area contributed by atoms with E-state index in [0.717, 1.165) is 17.3 Å². The average Bonchev–Trinajstić information content (AvgIpc) is 3.09. The van der Waals surface area contributed by atoms with Gasteiger partial charge in [-0.1, -0.05) is 32.4 Å². The number of aromatic nitrogens is 4. The molecule has 0 unspecified atom stereocenters. The third-order valence-electron chi connectivity index (χ3n) is 6.23. The predicted octanol–water partition coefficient (Wildman–Crippen LogP) is 5.87. The second kappa shape index (κ2) is 9.04. The number of nitrogens with one attached hydrogen (secondary N) is 1. The third-order valence-corrected chi connectivity index (χ3v) is 6.49. The number of hydrogen-bond donors (Lipinski definition) is 1. The fourth-order valence-corrected chi connectivity index (χ4v) is 4.09. The minimum Gasteiger partial charge on any atom is -0.476 e. The molecular weight excluding hydrogens is 412 g/mol. The number of nitriles is 1. The summed E-state index contributed by atoms with van der Waals surface area (Å²) in [5.74, 6) is 2.07. The molecular formula is C23H33ClN6O. The molecule has 0 aromatic carbocycles. The maximum absolute atomic E-state index is 9.34. The minimum atomic E-state index is -0.744. The highest BCUT2D eigenvalue weighted by molar-refractivity contribution is 6.31. The third kappa shape index (κ3) is 5.68. The summed E-state index contributed by atoms with van der Waals surface area (Å²) in [6.45, 7) is 13.1. The van der Waals surface area contributed by atoms with Gasteiger partial charge in [-0.25, -0.2) is 4.98 Å². The van der Waals surface area contributed by atoms with Crippen LogP contribution in [0.1, 0.15) is 66.0 Å². The molecule has 3 rings (SSSR count). The number of anilines is 2. The Bertz CT molecular complexity index is 948. The summed E-state index contributed by atoms with van der Waals surface area (Å²) in [5, 5.41) is 17.3. The fourth-order valence-electron chi connectivity index (χ4n) is 3.95. The van der Waals surface area contributed by atoms with Crippen LogP contribution in [0, 0.1) is 35.5 Å². The van der Waals surface area contributed by atoms with Crippen LogP contribution in [0.5, 0.6) is 5.88 Å². The van der Waals surface area contributed by atoms with E-state index in [1.807, 2.05) is 20.8 Å². The number of nitrogens with zero attached hydrogens (tertiary/aromatic N) is 5. The maximum atomic E-state index is 9.34. The van der Waals surface area contributed by atoms with Crippen molar-refractivity contribution in [1.82, 2.24) is 19.7 Å². The van der Waals surface area contributed by atoms with Crippen LogP contribution in [0.15, 0.2) is 12.4 Å². The molecule has 2 aromatic heterocycles. The van der Waals surface area contributed by atoms with Gasteiger partial charge in [-0.3, -0.25) is 4.68 Å². The van der Waals surface area contributed by atoms with E-state index in [-0.39, 0.29) is 0 Å². The van der Waals surface area contributed by atoms with E-state index in [1.165, 1.54) is 25.7 Å². The van der Waals surface area contributed by atoms with Crippen molar-refractivity contribution in [1.29, 1.82) is 5.26 Å². The SMILES string of the molecule is Cc1nn(C(C)(C)C#N)cc1Nc1ncc(Cl)c(OC[C@H]2CC[C@H](C(C)(C)C)CC2)n1. The molecule has 1 aliphatic rings. The monoisotopic (exact) mass is 444 g/mol. The van der Waals surface area contributed by atoms with Crippen LogP contribution in [0.25, 0.3) is 0 Å². The Balaban J connectivity index is 1.63. The molecule has 1 aliphatic carbocycles. The predicted molar refractivity (Wildman–Crippen MR) is 123 cm³/mol. The molecule has 0 radical (unpaired) electrons. The second-order valence-electron chi connectivity index (χ2n) is 10.1. The molecule has 31 heavy (non-hydrogen) atoms. The van der Waals surface area contributed by atoms with E-state index >= 15 is 0 Å². The van der Waals surface area contributed by atoms with Crippen LogP contribution >= 0.6 is 11.6 Å². The van der Waals surface area contributed by atoms with Crippen LogP contribution in [-0.4, -0.2) is 26.4 Å². The first-order chi connectivity index (χ1) is 14.5. The molecule has 0 spiro atoms. The molecule has 168 valence electrons. The normalized spacial score (nSPS) is 19.7. The van der Waals surface area contributed by atoms with Crippen LogP contribution in [0.2, 0.25) is 5.02 Å². The summed E-state index contributed by atoms with van der Waals surface area (Å²) < 4.78 is 7.63. The van der Waals surface area contributed by atoms with Gasteiger partial charge in [-0.05, 0) is 63.7 Å². The Morgan fingerprint density at radius 2 is 1.90 bits per heavy atom. The Kier molecular flexibility index (Phi) is 6.80. The number of aryl methyl sites for hydroxylation is 1. The van der Waals surface area contributed by atoms with Crippen molar-refractivity contribution in [2.75, 3.05) is 11.9 Å². The second-order valence-corrected chi connectivity index (χ2v) is 10.5. The molecule has 2 heterocycles. The van der Waals surface area contributed by atoms with E-state index in [2.05, 4.69) is 47.2 Å². The van der Waals surface area contributed by atoms with Crippen molar-refractivity contribution in [3.05, 3.63) is 23.1 Å². The number of rotatable bonds is 6. The fraction of sp³-hybridized carbons (Fsp3) is 0.652. The van der Waals surface area contributed by atoms with E-state index in [1.54, 1.807) is 17.1 Å². The Labute approximate surface area is 190 Å². The summed E-state index contributed by atoms with van der Waals surface area (Å²) in [5.41, 5.74) is 1.11. The lowest BCUT2D eigenvalue weighted by molar-refractivity contribution is 0.120. The van der Waals surface area contributed by atoms with Crippen molar-refractivity contribution in [3.8, 4) is 11.9 Å². The Hall–Kier alpha value is -2.33. The first-order valence-electron chi connectivity index (χ1n) is 10.9. The van der Waals surface area contributed by atoms with Gasteiger partial charge in [0.1, 0.15) is 10.6 Å². The van der Waals surface area contributed by atoms with Gasteiger partial charge in [-0.2, -0.15) is 15.3 Å². The average molecular weight is 445 g/mol. The lowest BCUT2D eigenvalue weighted by atomic mass is 9.70. The van der Waals surface area contributed by atoms with E-state index in [4.69, 9.17) is 16.3 Å². The number of hydrogen-bond acceptors (Lipinski definition) is 6. The van der Waals surface area contributed by atoms with Gasteiger partial charge in [0.25, 0.3) is 0 Å². The largest absolute Gasteiger partial charge is 0.476 e. The van der Waals surface area contributed by atoms with Crippen molar-refractivity contribution < 1.29 is 4.74 Å². The van der Waals surface area contributed by atoms with E-state index in [0.29, 0.717) is 34.8 Å². The highest BCUT2D eigenvalue weighted by Gasteiger charge is 2.30. The lowest BCUT2D eigenvalue weighted by Gasteiger charge is -2.36. The highest BCUT2D eigenvalue weighted by atomic mass is 35.5. The topological polar surface area (TPSA) is 88.7 Å². The first kappa shape index (κ1) is 23.3. The zero-order valence-corrected chi connectivity index (χ0v) is 20.1. The van der Waals surface area contributed by atoms with E-state index in [9.17, 15) is 5.26 Å². The summed E-state index contributed by atoms with van der Waals surface area (Å²) in [6, 6.07) is 2.24. The van der Waals surface area contributed by atoms with Crippen molar-refractivity contribution in [2.24, 2.45) is 17.3 Å². The Morgan fingerprint density at radius 1 is 1.23 bits per heavy atom. The van der Waals surface area contributed by atoms with Crippen LogP contribution in [0.3, 0.4) is 0 Å². The molecule has 2 aromatic rings. The molecule has 1 saturated carbocycles. The van der Waals surface area contributed by atoms with Gasteiger partial charge in [0, 0.05) is 0 Å². The highest BCUT2D eigenvalue weighted by Crippen LogP contribution is 2.40. The summed E-state index contributed by atoms with van der Waals surface area (Å²) in [7, 11) is 0. The van der Waals surface area contributed by atoms with E-state index < -0.39 is 5.54 Å². The summed E-state index contributed by atoms with van der Waals surface area (Å²) in [4.78, 5) is 8.72. The molecule has 8 heteroatoms. The maximum Gasteiger partial charge on any atom is 0.237 e. The standard InChI is InChI=1S/C23H33ClN6O/c1-15-19(12-30(29-15)23(5,6)14-25)27-21-26-11-18(24)20(28-21)31-13-16-7-9-17(10-8-16)22(2,3)4/h11-12,16-17H,7-10,13H2,1-6H3,(H,26,27,28)/t16-,17-. The number of ether oxygens (including phenoxy) is 1. The lowest BCUT2D eigenvalue weighted by Crippen LogP contribution is -2.28. The molecule has 7 nitrogen and oxygen atoms in total. The Morgan fingerprint density at radius 3 is 2.52 bits per heavy atom. The molecule has 0 bridgehead atoms. The summed E-state index contributed by atoms with van der Waals surface area (Å²) in [6.07, 6.45) is 8.15. The van der Waals surface area contributed by atoms with Crippen LogP contribution in [0.4, 0.5) is 11.6 Å². The quantitative estimate of drug-likeness (QED) is 0.599. The van der Waals surface area contributed by atoms with Crippen LogP contribution < -0.4 is 10.1 Å². The van der Waals surface area contributed by atoms with Gasteiger partial charge in [0.05, 0.1) is 36.5 Å². The smallest absolute Gasteiger partial charge is 0.237 e. The molecule has 0 amide bonds. The minimum absolute atomic E-state index is 0.372. The first-order valence-corrected chi connectivity index (χ1v) is 11.3. The van der Waals surface area contributed by atoms with Crippen LogP contribution in [-0.2, 0) is 5.54 Å². The summed E-state index contributed by atoms with van der Waals surface area (Å²) >= 11 is 6.28. The molecule has 0 atom stereocenters. The van der Waals surface area contributed by atoms with Crippen molar-refractivity contribution in [2.45, 2.75) is 72.8 Å². The molecule has 1 fully saturated rings. The zero-order chi connectivity index (χ0) is 22.8. The van der Waals surface area contributed by atoms with Crippen molar-refractivity contribution in [3.63, 3.8) is 0 Å².